The topological polar surface area (TPSA) is 29.5 Å². The van der Waals surface area contributed by atoms with Crippen LogP contribution in [0.4, 0.5) is 0 Å². The molecule has 1 amide bonds. The van der Waals surface area contributed by atoms with Gasteiger partial charge in [-0.15, -0.1) is 0 Å². The number of hydrogen-bond acceptors (Lipinski definition) is 2. The molecule has 0 aliphatic rings. The molecule has 0 aliphatic carbocycles. The molecular formula is C16H16ClNO2. The molecule has 0 atom stereocenters. The lowest BCUT2D eigenvalue weighted by atomic mass is 10.2. The molecule has 2 rings (SSSR count). The van der Waals surface area contributed by atoms with Gasteiger partial charge in [0, 0.05) is 24.7 Å². The highest BCUT2D eigenvalue weighted by Crippen LogP contribution is 2.22. The van der Waals surface area contributed by atoms with E-state index in [4.69, 9.17) is 16.3 Å². The maximum atomic E-state index is 12.1. The molecule has 0 bridgehead atoms. The average molecular weight is 290 g/mol. The number of halogens is 1. The summed E-state index contributed by atoms with van der Waals surface area (Å²) in [5.74, 6) is 0.478. The van der Waals surface area contributed by atoms with E-state index >= 15 is 0 Å². The standard InChI is InChI=1S/C16H16ClNO2/c1-18(2)16(19)13-8-4-6-10-15(13)20-11-12-7-3-5-9-14(12)17/h3-10H,11H2,1-2H3. The molecule has 0 radical (unpaired) electrons. The van der Waals surface area contributed by atoms with E-state index in [1.54, 1.807) is 26.2 Å². The lowest BCUT2D eigenvalue weighted by molar-refractivity contribution is 0.0822. The summed E-state index contributed by atoms with van der Waals surface area (Å²) >= 11 is 6.09. The van der Waals surface area contributed by atoms with Crippen molar-refractivity contribution in [2.45, 2.75) is 6.61 Å². The van der Waals surface area contributed by atoms with E-state index in [-0.39, 0.29) is 5.91 Å². The number of para-hydroxylation sites is 1. The van der Waals surface area contributed by atoms with Crippen molar-refractivity contribution in [2.75, 3.05) is 14.1 Å². The molecule has 0 saturated carbocycles. The molecule has 4 heteroatoms. The molecule has 3 nitrogen and oxygen atoms in total. The van der Waals surface area contributed by atoms with Crippen molar-refractivity contribution in [3.8, 4) is 5.75 Å². The maximum Gasteiger partial charge on any atom is 0.257 e. The second kappa shape index (κ2) is 6.44. The van der Waals surface area contributed by atoms with Gasteiger partial charge < -0.3 is 9.64 Å². The Morgan fingerprint density at radius 1 is 1.10 bits per heavy atom. The quantitative estimate of drug-likeness (QED) is 0.860. The second-order valence-corrected chi connectivity index (χ2v) is 4.98. The molecule has 0 N–H and O–H groups in total. The van der Waals surface area contributed by atoms with Gasteiger partial charge in [-0.25, -0.2) is 0 Å². The molecule has 2 aromatic carbocycles. The summed E-state index contributed by atoms with van der Waals surface area (Å²) in [6.07, 6.45) is 0. The van der Waals surface area contributed by atoms with Crippen molar-refractivity contribution in [3.05, 3.63) is 64.7 Å². The number of benzene rings is 2. The monoisotopic (exact) mass is 289 g/mol. The van der Waals surface area contributed by atoms with Crippen LogP contribution in [0.3, 0.4) is 0 Å². The Labute approximate surface area is 123 Å². The molecule has 0 spiro atoms. The molecule has 0 heterocycles. The second-order valence-electron chi connectivity index (χ2n) is 4.58. The van der Waals surface area contributed by atoms with Gasteiger partial charge in [0.05, 0.1) is 5.56 Å². The number of rotatable bonds is 4. The van der Waals surface area contributed by atoms with Crippen molar-refractivity contribution in [1.82, 2.24) is 4.90 Å². The Morgan fingerprint density at radius 2 is 1.75 bits per heavy atom. The van der Waals surface area contributed by atoms with Gasteiger partial charge in [-0.3, -0.25) is 4.79 Å². The predicted molar refractivity (Wildman–Crippen MR) is 80.2 cm³/mol. The number of hydrogen-bond donors (Lipinski definition) is 0. The van der Waals surface area contributed by atoms with Crippen LogP contribution in [0.25, 0.3) is 0 Å². The van der Waals surface area contributed by atoms with E-state index in [1.165, 1.54) is 4.90 Å². The number of ether oxygens (including phenoxy) is 1. The van der Waals surface area contributed by atoms with Crippen LogP contribution in [0, 0.1) is 0 Å². The first-order valence-corrected chi connectivity index (χ1v) is 6.64. The van der Waals surface area contributed by atoms with Gasteiger partial charge >= 0.3 is 0 Å². The first-order valence-electron chi connectivity index (χ1n) is 6.26. The van der Waals surface area contributed by atoms with E-state index in [1.807, 2.05) is 36.4 Å². The zero-order valence-corrected chi connectivity index (χ0v) is 12.2. The van der Waals surface area contributed by atoms with E-state index in [0.29, 0.717) is 22.9 Å². The van der Waals surface area contributed by atoms with Crippen molar-refractivity contribution in [1.29, 1.82) is 0 Å². The predicted octanol–water partition coefficient (Wildman–Crippen LogP) is 3.62. The highest BCUT2D eigenvalue weighted by Gasteiger charge is 2.14. The fourth-order valence-corrected chi connectivity index (χ4v) is 1.97. The highest BCUT2D eigenvalue weighted by molar-refractivity contribution is 6.31. The number of amides is 1. The summed E-state index contributed by atoms with van der Waals surface area (Å²) < 4.78 is 5.74. The lowest BCUT2D eigenvalue weighted by Crippen LogP contribution is -2.22. The number of nitrogens with zero attached hydrogens (tertiary/aromatic N) is 1. The summed E-state index contributed by atoms with van der Waals surface area (Å²) in [4.78, 5) is 13.6. The van der Waals surface area contributed by atoms with Gasteiger partial charge in [0.15, 0.2) is 0 Å². The first-order chi connectivity index (χ1) is 9.59. The highest BCUT2D eigenvalue weighted by atomic mass is 35.5. The van der Waals surface area contributed by atoms with Gasteiger partial charge in [-0.2, -0.15) is 0 Å². The van der Waals surface area contributed by atoms with Crippen molar-refractivity contribution < 1.29 is 9.53 Å². The van der Waals surface area contributed by atoms with Crippen LogP contribution >= 0.6 is 11.6 Å². The summed E-state index contributed by atoms with van der Waals surface area (Å²) in [6, 6.07) is 14.7. The molecule has 2 aromatic rings. The molecule has 0 unspecified atom stereocenters. The van der Waals surface area contributed by atoms with Crippen LogP contribution in [0.1, 0.15) is 15.9 Å². The van der Waals surface area contributed by atoms with Crippen LogP contribution in [-0.4, -0.2) is 24.9 Å². The van der Waals surface area contributed by atoms with Crippen LogP contribution in [0.15, 0.2) is 48.5 Å². The minimum atomic E-state index is -0.0836. The Kier molecular flexibility index (Phi) is 4.64. The van der Waals surface area contributed by atoms with Crippen LogP contribution in [0.5, 0.6) is 5.75 Å². The third-order valence-electron chi connectivity index (χ3n) is 2.86. The Hall–Kier alpha value is -2.00. The van der Waals surface area contributed by atoms with E-state index in [2.05, 4.69) is 0 Å². The first kappa shape index (κ1) is 14.4. The molecule has 0 saturated heterocycles. The van der Waals surface area contributed by atoms with Crippen molar-refractivity contribution in [3.63, 3.8) is 0 Å². The van der Waals surface area contributed by atoms with E-state index in [0.717, 1.165) is 5.56 Å². The minimum absolute atomic E-state index is 0.0836. The number of carbonyl (C=O) groups is 1. The summed E-state index contributed by atoms with van der Waals surface area (Å²) in [6.45, 7) is 0.331. The van der Waals surface area contributed by atoms with Gasteiger partial charge in [0.1, 0.15) is 12.4 Å². The maximum absolute atomic E-state index is 12.1. The Balaban J connectivity index is 2.18. The van der Waals surface area contributed by atoms with Crippen molar-refractivity contribution in [2.24, 2.45) is 0 Å². The van der Waals surface area contributed by atoms with E-state index in [9.17, 15) is 4.79 Å². The summed E-state index contributed by atoms with van der Waals surface area (Å²) in [5.41, 5.74) is 1.44. The Morgan fingerprint density at radius 3 is 2.45 bits per heavy atom. The van der Waals surface area contributed by atoms with Crippen molar-refractivity contribution >= 4 is 17.5 Å². The summed E-state index contributed by atoms with van der Waals surface area (Å²) in [7, 11) is 3.43. The largest absolute Gasteiger partial charge is 0.488 e. The van der Waals surface area contributed by atoms with Gasteiger partial charge in [0.2, 0.25) is 0 Å². The fraction of sp³-hybridized carbons (Fsp3) is 0.188. The molecule has 0 fully saturated rings. The third kappa shape index (κ3) is 3.31. The lowest BCUT2D eigenvalue weighted by Gasteiger charge is -2.15. The minimum Gasteiger partial charge on any atom is -0.488 e. The fourth-order valence-electron chi connectivity index (χ4n) is 1.78. The zero-order chi connectivity index (χ0) is 14.5. The molecule has 0 aromatic heterocycles. The summed E-state index contributed by atoms with van der Waals surface area (Å²) in [5, 5.41) is 0.656. The van der Waals surface area contributed by atoms with Gasteiger partial charge in [-0.1, -0.05) is 41.9 Å². The Bertz CT molecular complexity index is 611. The molecule has 104 valence electrons. The smallest absolute Gasteiger partial charge is 0.257 e. The van der Waals surface area contributed by atoms with Crippen LogP contribution < -0.4 is 4.74 Å². The molecule has 20 heavy (non-hydrogen) atoms. The van der Waals surface area contributed by atoms with Gasteiger partial charge in [0.25, 0.3) is 5.91 Å². The third-order valence-corrected chi connectivity index (χ3v) is 3.23. The zero-order valence-electron chi connectivity index (χ0n) is 11.5. The molecular weight excluding hydrogens is 274 g/mol. The molecule has 0 aliphatic heterocycles. The van der Waals surface area contributed by atoms with E-state index < -0.39 is 0 Å². The van der Waals surface area contributed by atoms with Crippen LogP contribution in [0.2, 0.25) is 5.02 Å². The SMILES string of the molecule is CN(C)C(=O)c1ccccc1OCc1ccccc1Cl. The van der Waals surface area contributed by atoms with Gasteiger partial charge in [-0.05, 0) is 18.2 Å². The normalized spacial score (nSPS) is 10.2. The number of carbonyl (C=O) groups excluding carboxylic acids is 1. The van der Waals surface area contributed by atoms with Crippen LogP contribution in [-0.2, 0) is 6.61 Å². The average Bonchev–Trinajstić information content (AvgIpc) is 2.46.